The number of methoxy groups -OCH3 is 2. The van der Waals surface area contributed by atoms with Crippen molar-refractivity contribution in [1.82, 2.24) is 0 Å². The molecule has 1 heterocycles. The number of hydrogen-bond acceptors (Lipinski definition) is 6. The van der Waals surface area contributed by atoms with Crippen LogP contribution in [0, 0.1) is 0 Å². The summed E-state index contributed by atoms with van der Waals surface area (Å²) in [5, 5.41) is 5.45. The van der Waals surface area contributed by atoms with Gasteiger partial charge in [0.1, 0.15) is 0 Å². The molecule has 0 aromatic heterocycles. The number of fused-ring (bicyclic) bond motifs is 1. The van der Waals surface area contributed by atoms with Gasteiger partial charge >= 0.3 is 10.8 Å². The van der Waals surface area contributed by atoms with Gasteiger partial charge in [-0.15, -0.1) is 0 Å². The molecule has 0 saturated heterocycles. The zero-order valence-corrected chi connectivity index (χ0v) is 14.7. The first-order chi connectivity index (χ1) is 11.8. The summed E-state index contributed by atoms with van der Waals surface area (Å²) in [5.74, 6) is -2.04. The molecular weight excluding hydrogens is 407 g/mol. The van der Waals surface area contributed by atoms with E-state index in [0.29, 0.717) is 6.20 Å². The molecule has 1 atom stereocenters. The monoisotopic (exact) mass is 418 g/mol. The van der Waals surface area contributed by atoms with Gasteiger partial charge in [0.25, 0.3) is 5.78 Å². The lowest BCUT2D eigenvalue weighted by molar-refractivity contribution is -0.137. The molecule has 1 aliphatic rings. The van der Waals surface area contributed by atoms with E-state index >= 15 is 0 Å². The SMILES string of the molecule is COc1cc2c(cc1OC)NC(O)(C(F)(F)Cl)C(C(=O)C(F)(F)Cl)=CN2. The van der Waals surface area contributed by atoms with E-state index in [-0.39, 0.29) is 22.9 Å². The minimum atomic E-state index is -4.58. The Morgan fingerprint density at radius 2 is 1.62 bits per heavy atom. The summed E-state index contributed by atoms with van der Waals surface area (Å²) in [4.78, 5) is 11.8. The predicted molar refractivity (Wildman–Crippen MR) is 86.4 cm³/mol. The topological polar surface area (TPSA) is 79.8 Å². The van der Waals surface area contributed by atoms with Crippen molar-refractivity contribution in [3.05, 3.63) is 23.9 Å². The van der Waals surface area contributed by atoms with Crippen molar-refractivity contribution >= 4 is 40.4 Å². The van der Waals surface area contributed by atoms with Gasteiger partial charge in [0.15, 0.2) is 11.5 Å². The molecule has 26 heavy (non-hydrogen) atoms. The molecule has 0 spiro atoms. The number of anilines is 2. The number of halogens is 6. The van der Waals surface area contributed by atoms with Crippen molar-refractivity contribution in [2.45, 2.75) is 16.5 Å². The average Bonchev–Trinajstić information content (AvgIpc) is 2.67. The van der Waals surface area contributed by atoms with Crippen molar-refractivity contribution in [2.24, 2.45) is 0 Å². The van der Waals surface area contributed by atoms with E-state index in [1.807, 2.05) is 5.32 Å². The number of benzene rings is 1. The summed E-state index contributed by atoms with van der Waals surface area (Å²) in [5.41, 5.74) is -5.42. The Morgan fingerprint density at radius 1 is 1.12 bits per heavy atom. The molecule has 1 aliphatic heterocycles. The standard InChI is InChI=1S/C14H12Cl2F4N2O4/c1-25-9-3-7-8(4-10(9)26-2)22-12(24,14(16,19)20)6(5-21-7)11(23)13(15,17)18/h3-5,21-22,24H,1-2H3. The van der Waals surface area contributed by atoms with E-state index in [4.69, 9.17) is 21.1 Å². The second-order valence-electron chi connectivity index (χ2n) is 5.12. The molecular formula is C14H12Cl2F4N2O4. The number of nitrogens with one attached hydrogen (secondary N) is 2. The van der Waals surface area contributed by atoms with Crippen molar-refractivity contribution in [3.8, 4) is 11.5 Å². The molecule has 0 fully saturated rings. The molecule has 2 rings (SSSR count). The van der Waals surface area contributed by atoms with Crippen LogP contribution in [0.3, 0.4) is 0 Å². The number of ether oxygens (including phenoxy) is 2. The molecule has 3 N–H and O–H groups in total. The number of carbonyl (C=O) groups is 1. The molecule has 1 aromatic rings. The molecule has 12 heteroatoms. The van der Waals surface area contributed by atoms with Crippen molar-refractivity contribution in [2.75, 3.05) is 24.9 Å². The van der Waals surface area contributed by atoms with Gasteiger partial charge in [-0.1, -0.05) is 0 Å². The smallest absolute Gasteiger partial charge is 0.384 e. The second kappa shape index (κ2) is 6.67. The number of ketones is 1. The van der Waals surface area contributed by atoms with E-state index in [0.717, 1.165) is 6.07 Å². The lowest BCUT2D eigenvalue weighted by Crippen LogP contribution is -2.55. The highest BCUT2D eigenvalue weighted by Crippen LogP contribution is 2.46. The van der Waals surface area contributed by atoms with Crippen LogP contribution in [0.5, 0.6) is 11.5 Å². The molecule has 0 amide bonds. The van der Waals surface area contributed by atoms with Crippen LogP contribution in [0.2, 0.25) is 0 Å². The maximum atomic E-state index is 13.9. The van der Waals surface area contributed by atoms with Crippen LogP contribution >= 0.6 is 23.2 Å². The fraction of sp³-hybridized carbons (Fsp3) is 0.357. The fourth-order valence-corrected chi connectivity index (χ4v) is 2.48. The van der Waals surface area contributed by atoms with E-state index < -0.39 is 27.8 Å². The van der Waals surface area contributed by atoms with Crippen LogP contribution in [0.4, 0.5) is 28.9 Å². The number of aliphatic hydroxyl groups is 1. The van der Waals surface area contributed by atoms with Crippen LogP contribution < -0.4 is 20.1 Å². The summed E-state index contributed by atoms with van der Waals surface area (Å²) >= 11 is 9.54. The van der Waals surface area contributed by atoms with Crippen molar-refractivity contribution in [3.63, 3.8) is 0 Å². The lowest BCUT2D eigenvalue weighted by Gasteiger charge is -2.34. The largest absolute Gasteiger partial charge is 0.493 e. The Bertz CT molecular complexity index is 765. The Morgan fingerprint density at radius 3 is 2.04 bits per heavy atom. The quantitative estimate of drug-likeness (QED) is 0.502. The minimum absolute atomic E-state index is 0.00248. The predicted octanol–water partition coefficient (Wildman–Crippen LogP) is 3.35. The zero-order valence-electron chi connectivity index (χ0n) is 13.2. The van der Waals surface area contributed by atoms with Gasteiger partial charge in [-0.3, -0.25) is 4.79 Å². The van der Waals surface area contributed by atoms with Crippen LogP contribution in [-0.4, -0.2) is 41.6 Å². The van der Waals surface area contributed by atoms with Crippen molar-refractivity contribution < 1.29 is 36.9 Å². The molecule has 1 aromatic carbocycles. The van der Waals surface area contributed by atoms with Crippen LogP contribution in [-0.2, 0) is 4.79 Å². The summed E-state index contributed by atoms with van der Waals surface area (Å²) in [7, 11) is 2.56. The van der Waals surface area contributed by atoms with Gasteiger partial charge < -0.3 is 25.2 Å². The van der Waals surface area contributed by atoms with E-state index in [2.05, 4.69) is 16.9 Å². The highest BCUT2D eigenvalue weighted by molar-refractivity contribution is 6.36. The number of Topliss-reactive ketones (excluding diaryl/α,β-unsaturated/α-hetero) is 1. The highest BCUT2D eigenvalue weighted by Gasteiger charge is 2.60. The summed E-state index contributed by atoms with van der Waals surface area (Å²) < 4.78 is 64.2. The van der Waals surface area contributed by atoms with Crippen molar-refractivity contribution in [1.29, 1.82) is 0 Å². The third-order valence-corrected chi connectivity index (χ3v) is 3.96. The first kappa shape index (κ1) is 20.4. The Hall–Kier alpha value is -1.91. The first-order valence-corrected chi connectivity index (χ1v) is 7.52. The summed E-state index contributed by atoms with van der Waals surface area (Å²) in [6.07, 6.45) is 0.458. The first-order valence-electron chi connectivity index (χ1n) is 6.77. The highest BCUT2D eigenvalue weighted by atomic mass is 35.5. The maximum Gasteiger partial charge on any atom is 0.384 e. The van der Waals surface area contributed by atoms with Gasteiger partial charge in [0.05, 0.1) is 31.2 Å². The van der Waals surface area contributed by atoms with E-state index in [1.165, 1.54) is 20.3 Å². The minimum Gasteiger partial charge on any atom is -0.493 e. The average molecular weight is 419 g/mol. The number of rotatable bonds is 5. The molecule has 0 radical (unpaired) electrons. The van der Waals surface area contributed by atoms with Gasteiger partial charge in [0, 0.05) is 18.3 Å². The molecule has 0 aliphatic carbocycles. The Kier molecular flexibility index (Phi) is 5.24. The van der Waals surface area contributed by atoms with Gasteiger partial charge in [-0.2, -0.15) is 17.6 Å². The van der Waals surface area contributed by atoms with Gasteiger partial charge in [-0.25, -0.2) is 0 Å². The summed E-state index contributed by atoms with van der Waals surface area (Å²) in [6, 6.07) is 2.39. The third-order valence-electron chi connectivity index (χ3n) is 3.51. The summed E-state index contributed by atoms with van der Waals surface area (Å²) in [6.45, 7) is 0. The molecule has 144 valence electrons. The second-order valence-corrected chi connectivity index (χ2v) is 6.06. The fourth-order valence-electron chi connectivity index (χ4n) is 2.22. The molecule has 0 bridgehead atoms. The van der Waals surface area contributed by atoms with Crippen LogP contribution in [0.25, 0.3) is 0 Å². The Balaban J connectivity index is 2.67. The zero-order chi connectivity index (χ0) is 19.9. The maximum absolute atomic E-state index is 13.9. The third kappa shape index (κ3) is 3.49. The van der Waals surface area contributed by atoms with E-state index in [9.17, 15) is 27.5 Å². The lowest BCUT2D eigenvalue weighted by atomic mass is 9.99. The molecule has 1 unspecified atom stereocenters. The normalized spacial score (nSPS) is 20.1. The Labute approximate surface area is 154 Å². The molecule has 0 saturated carbocycles. The number of carbonyl (C=O) groups excluding carboxylic acids is 1. The van der Waals surface area contributed by atoms with Gasteiger partial charge in [-0.05, 0) is 23.2 Å². The number of alkyl halides is 6. The molecule has 6 nitrogen and oxygen atoms in total. The van der Waals surface area contributed by atoms with Gasteiger partial charge in [0.2, 0.25) is 5.72 Å². The number of hydrogen-bond donors (Lipinski definition) is 3. The van der Waals surface area contributed by atoms with E-state index in [1.54, 1.807) is 0 Å². The van der Waals surface area contributed by atoms with Crippen LogP contribution in [0.15, 0.2) is 23.9 Å². The van der Waals surface area contributed by atoms with Crippen LogP contribution in [0.1, 0.15) is 0 Å².